The summed E-state index contributed by atoms with van der Waals surface area (Å²) in [7, 11) is 0. The number of fused-ring (bicyclic) bond motifs is 4. The molecule has 3 aromatic rings. The van der Waals surface area contributed by atoms with Crippen LogP contribution in [-0.4, -0.2) is 56.2 Å². The van der Waals surface area contributed by atoms with Gasteiger partial charge in [0.2, 0.25) is 0 Å². The molecule has 0 unspecified atom stereocenters. The van der Waals surface area contributed by atoms with Gasteiger partial charge in [-0.1, -0.05) is 6.07 Å². The summed E-state index contributed by atoms with van der Waals surface area (Å²) in [6, 6.07) is 2.79. The molecule has 15 heteroatoms. The number of rotatable bonds is 3. The van der Waals surface area contributed by atoms with Gasteiger partial charge in [-0.25, -0.2) is 4.39 Å². The largest absolute Gasteiger partial charge is 0.573 e. The van der Waals surface area contributed by atoms with Gasteiger partial charge >= 0.3 is 12.5 Å². The molecular weight excluding hydrogens is 503 g/mol. The molecule has 2 aliphatic rings. The lowest BCUT2D eigenvalue weighted by Gasteiger charge is -2.45. The summed E-state index contributed by atoms with van der Waals surface area (Å²) >= 11 is 0. The van der Waals surface area contributed by atoms with Crippen molar-refractivity contribution in [3.63, 3.8) is 0 Å². The van der Waals surface area contributed by atoms with Gasteiger partial charge in [0, 0.05) is 18.8 Å². The summed E-state index contributed by atoms with van der Waals surface area (Å²) in [6.45, 7) is -0.150. The Kier molecular flexibility index (Phi) is 5.61. The smallest absolute Gasteiger partial charge is 0.406 e. The maximum Gasteiger partial charge on any atom is 0.573 e. The van der Waals surface area contributed by atoms with Crippen molar-refractivity contribution in [3.8, 4) is 17.3 Å². The van der Waals surface area contributed by atoms with Crippen LogP contribution in [0.4, 0.5) is 30.7 Å². The second-order valence-corrected chi connectivity index (χ2v) is 8.00. The number of hydrogen-bond donors (Lipinski definition) is 0. The number of halogens is 7. The molecule has 2 bridgehead atoms. The molecule has 2 aromatic heterocycles. The summed E-state index contributed by atoms with van der Waals surface area (Å²) in [5.41, 5.74) is -2.31. The van der Waals surface area contributed by atoms with Crippen molar-refractivity contribution in [2.24, 2.45) is 0 Å². The number of carbonyl (C=O) groups excluding carboxylic acids is 1. The SMILES string of the molecule is O=C(c1cccc(C(F)(F)F)c1F)N1[C@@H]2COC[C@@H]1c1nnc(-c3cc(OC(F)(F)F)ccn3)n1C2. The molecule has 190 valence electrons. The molecule has 0 N–H and O–H groups in total. The second kappa shape index (κ2) is 8.43. The molecule has 1 amide bonds. The van der Waals surface area contributed by atoms with Gasteiger partial charge in [0.15, 0.2) is 11.6 Å². The van der Waals surface area contributed by atoms with Gasteiger partial charge in [-0.3, -0.25) is 9.78 Å². The highest BCUT2D eigenvalue weighted by Crippen LogP contribution is 2.38. The summed E-state index contributed by atoms with van der Waals surface area (Å²) in [5, 5.41) is 8.02. The second-order valence-electron chi connectivity index (χ2n) is 8.00. The van der Waals surface area contributed by atoms with Crippen LogP contribution in [0, 0.1) is 5.82 Å². The Morgan fingerprint density at radius 1 is 1.08 bits per heavy atom. The molecule has 2 aliphatic heterocycles. The van der Waals surface area contributed by atoms with Gasteiger partial charge < -0.3 is 18.9 Å². The molecule has 0 radical (unpaired) electrons. The van der Waals surface area contributed by atoms with Crippen LogP contribution >= 0.6 is 0 Å². The summed E-state index contributed by atoms with van der Waals surface area (Å²) in [5.74, 6) is -2.95. The van der Waals surface area contributed by atoms with E-state index in [4.69, 9.17) is 4.74 Å². The molecule has 1 saturated heterocycles. The van der Waals surface area contributed by atoms with Gasteiger partial charge in [0.1, 0.15) is 23.3 Å². The molecule has 1 aromatic carbocycles. The van der Waals surface area contributed by atoms with Crippen LogP contribution in [0.25, 0.3) is 11.5 Å². The van der Waals surface area contributed by atoms with E-state index in [1.54, 1.807) is 0 Å². The third-order valence-electron chi connectivity index (χ3n) is 5.75. The summed E-state index contributed by atoms with van der Waals surface area (Å²) in [6.07, 6.45) is -8.82. The van der Waals surface area contributed by atoms with E-state index < -0.39 is 53.2 Å². The number of benzene rings is 1. The van der Waals surface area contributed by atoms with E-state index in [-0.39, 0.29) is 37.1 Å². The highest BCUT2D eigenvalue weighted by atomic mass is 19.4. The van der Waals surface area contributed by atoms with Crippen LogP contribution in [0.5, 0.6) is 5.75 Å². The number of carbonyl (C=O) groups is 1. The number of ether oxygens (including phenoxy) is 2. The molecule has 1 fully saturated rings. The van der Waals surface area contributed by atoms with Crippen molar-refractivity contribution in [1.82, 2.24) is 24.6 Å². The minimum atomic E-state index is -4.99. The highest BCUT2D eigenvalue weighted by molar-refractivity contribution is 5.95. The Morgan fingerprint density at radius 3 is 2.58 bits per heavy atom. The van der Waals surface area contributed by atoms with Crippen LogP contribution in [0.3, 0.4) is 0 Å². The zero-order chi connectivity index (χ0) is 25.8. The number of aromatic nitrogens is 4. The van der Waals surface area contributed by atoms with Crippen molar-refractivity contribution in [2.75, 3.05) is 13.2 Å². The third-order valence-corrected chi connectivity index (χ3v) is 5.75. The molecule has 36 heavy (non-hydrogen) atoms. The minimum Gasteiger partial charge on any atom is -0.406 e. The third kappa shape index (κ3) is 4.23. The Balaban J connectivity index is 1.50. The maximum atomic E-state index is 14.7. The number of hydrogen-bond acceptors (Lipinski definition) is 6. The lowest BCUT2D eigenvalue weighted by molar-refractivity contribution is -0.274. The maximum absolute atomic E-state index is 14.7. The van der Waals surface area contributed by atoms with E-state index >= 15 is 0 Å². The van der Waals surface area contributed by atoms with E-state index in [9.17, 15) is 35.5 Å². The average Bonchev–Trinajstić information content (AvgIpc) is 3.20. The van der Waals surface area contributed by atoms with Crippen LogP contribution in [0.1, 0.15) is 27.8 Å². The molecular formula is C21H14F7N5O3. The fraction of sp³-hybridized carbons (Fsp3) is 0.333. The number of morpholine rings is 1. The van der Waals surface area contributed by atoms with Gasteiger partial charge in [-0.05, 0) is 18.2 Å². The van der Waals surface area contributed by atoms with E-state index in [2.05, 4.69) is 19.9 Å². The standard InChI is InChI=1S/C21H14F7N5O3/c22-16-12(2-1-3-13(16)20(23,24)25)19(34)33-10-7-32-17(30-31-18(32)15(33)9-35-8-10)14-6-11(4-5-29-14)36-21(26,27)28/h1-6,10,15H,7-9H2/t10-,15+/m0/s1. The van der Waals surface area contributed by atoms with Gasteiger partial charge in [0.25, 0.3) is 5.91 Å². The Hall–Kier alpha value is -3.75. The number of amides is 1. The first kappa shape index (κ1) is 24.0. The quantitative estimate of drug-likeness (QED) is 0.489. The van der Waals surface area contributed by atoms with Crippen molar-refractivity contribution < 1.29 is 45.0 Å². The summed E-state index contributed by atoms with van der Waals surface area (Å²) in [4.78, 5) is 18.5. The topological polar surface area (TPSA) is 82.4 Å². The number of nitrogens with zero attached hydrogens (tertiary/aromatic N) is 5. The predicted molar refractivity (Wildman–Crippen MR) is 105 cm³/mol. The van der Waals surface area contributed by atoms with Crippen molar-refractivity contribution >= 4 is 5.91 Å². The first-order chi connectivity index (χ1) is 16.9. The monoisotopic (exact) mass is 517 g/mol. The van der Waals surface area contributed by atoms with Crippen LogP contribution in [0.15, 0.2) is 36.5 Å². The molecule has 0 saturated carbocycles. The molecule has 5 rings (SSSR count). The van der Waals surface area contributed by atoms with E-state index in [1.807, 2.05) is 0 Å². The van der Waals surface area contributed by atoms with E-state index in [0.717, 1.165) is 30.5 Å². The molecule has 2 atom stereocenters. The van der Waals surface area contributed by atoms with Gasteiger partial charge in [-0.15, -0.1) is 23.4 Å². The zero-order valence-electron chi connectivity index (χ0n) is 17.8. The highest BCUT2D eigenvalue weighted by Gasteiger charge is 2.45. The first-order valence-corrected chi connectivity index (χ1v) is 10.4. The fourth-order valence-electron chi connectivity index (χ4n) is 4.31. The predicted octanol–water partition coefficient (Wildman–Crippen LogP) is 3.99. The van der Waals surface area contributed by atoms with Crippen LogP contribution in [-0.2, 0) is 17.5 Å². The lowest BCUT2D eigenvalue weighted by atomic mass is 10.0. The Bertz CT molecular complexity index is 1320. The fourth-order valence-corrected chi connectivity index (χ4v) is 4.31. The Labute approximate surface area is 197 Å². The molecule has 8 nitrogen and oxygen atoms in total. The molecule has 0 spiro atoms. The van der Waals surface area contributed by atoms with E-state index in [0.29, 0.717) is 6.07 Å². The van der Waals surface area contributed by atoms with Gasteiger partial charge in [-0.2, -0.15) is 13.2 Å². The minimum absolute atomic E-state index is 0.0122. The zero-order valence-corrected chi connectivity index (χ0v) is 17.8. The van der Waals surface area contributed by atoms with Crippen LogP contribution < -0.4 is 4.74 Å². The average molecular weight is 517 g/mol. The van der Waals surface area contributed by atoms with Gasteiger partial charge in [0.05, 0.1) is 30.4 Å². The molecule has 4 heterocycles. The normalized spacial score (nSPS) is 19.7. The number of alkyl halides is 6. The van der Waals surface area contributed by atoms with E-state index in [1.165, 1.54) is 9.47 Å². The summed E-state index contributed by atoms with van der Waals surface area (Å²) < 4.78 is 103. The Morgan fingerprint density at radius 2 is 1.86 bits per heavy atom. The molecule has 0 aliphatic carbocycles. The van der Waals surface area contributed by atoms with Crippen molar-refractivity contribution in [1.29, 1.82) is 0 Å². The van der Waals surface area contributed by atoms with Crippen LogP contribution in [0.2, 0.25) is 0 Å². The lowest BCUT2D eigenvalue weighted by Crippen LogP contribution is -2.56. The van der Waals surface area contributed by atoms with Crippen molar-refractivity contribution in [3.05, 3.63) is 59.3 Å². The van der Waals surface area contributed by atoms with Crippen molar-refractivity contribution in [2.45, 2.75) is 31.2 Å². The first-order valence-electron chi connectivity index (χ1n) is 10.4. The number of pyridine rings is 1.